The summed E-state index contributed by atoms with van der Waals surface area (Å²) >= 11 is 0. The van der Waals surface area contributed by atoms with E-state index in [-0.39, 0.29) is 11.8 Å². The number of rotatable bonds is 1. The highest BCUT2D eigenvalue weighted by Gasteiger charge is 2.29. The predicted molar refractivity (Wildman–Crippen MR) is 82.4 cm³/mol. The first-order valence-corrected chi connectivity index (χ1v) is 7.05. The van der Waals surface area contributed by atoms with Crippen LogP contribution in [0.25, 0.3) is 10.9 Å². The van der Waals surface area contributed by atoms with Crippen LogP contribution in [-0.2, 0) is 4.79 Å². The van der Waals surface area contributed by atoms with Crippen molar-refractivity contribution in [2.24, 2.45) is 0 Å². The molecule has 4 nitrogen and oxygen atoms in total. The van der Waals surface area contributed by atoms with Gasteiger partial charge in [-0.25, -0.2) is 0 Å². The van der Waals surface area contributed by atoms with Crippen molar-refractivity contribution in [1.82, 2.24) is 9.97 Å². The summed E-state index contributed by atoms with van der Waals surface area (Å²) in [6.45, 7) is 1.96. The summed E-state index contributed by atoms with van der Waals surface area (Å²) < 4.78 is 0. The number of hydrogen-bond donors (Lipinski definition) is 2. The molecule has 0 radical (unpaired) electrons. The number of hydrogen-bond acceptors (Lipinski definition) is 2. The minimum atomic E-state index is 0.0363. The van der Waals surface area contributed by atoms with Crippen LogP contribution in [0.5, 0.6) is 0 Å². The van der Waals surface area contributed by atoms with Crippen molar-refractivity contribution in [2.45, 2.75) is 19.3 Å². The largest absolute Gasteiger partial charge is 0.356 e. The van der Waals surface area contributed by atoms with Gasteiger partial charge in [0.25, 0.3) is 0 Å². The Kier molecular flexibility index (Phi) is 2.57. The Morgan fingerprint density at radius 3 is 2.86 bits per heavy atom. The number of para-hydroxylation sites is 1. The highest BCUT2D eigenvalue weighted by Crippen LogP contribution is 2.40. The summed E-state index contributed by atoms with van der Waals surface area (Å²) in [5, 5.41) is 4.06. The highest BCUT2D eigenvalue weighted by atomic mass is 16.1. The molecule has 2 aromatic heterocycles. The smallest absolute Gasteiger partial charge is 0.225 e. The van der Waals surface area contributed by atoms with Crippen LogP contribution in [0.1, 0.15) is 29.3 Å². The summed E-state index contributed by atoms with van der Waals surface area (Å²) in [7, 11) is 0. The standard InChI is InChI=1S/C17H15N3O/c1-10-6-7-11(9-18-10)13-8-15(21)20-16-12-4-2-3-5-14(12)19-17(13)16/h2-7,9,13,19H,8H2,1H3,(H,20,21). The van der Waals surface area contributed by atoms with Crippen LogP contribution in [0, 0.1) is 6.92 Å². The molecule has 1 atom stereocenters. The van der Waals surface area contributed by atoms with Gasteiger partial charge in [-0.3, -0.25) is 9.78 Å². The molecular weight excluding hydrogens is 262 g/mol. The molecule has 3 heterocycles. The first-order chi connectivity index (χ1) is 10.2. The zero-order valence-corrected chi connectivity index (χ0v) is 11.7. The Hall–Kier alpha value is -2.62. The van der Waals surface area contributed by atoms with Crippen molar-refractivity contribution >= 4 is 22.5 Å². The highest BCUT2D eigenvalue weighted by molar-refractivity contribution is 6.05. The van der Waals surface area contributed by atoms with Gasteiger partial charge in [0.05, 0.1) is 5.69 Å². The van der Waals surface area contributed by atoms with E-state index in [4.69, 9.17) is 0 Å². The molecule has 21 heavy (non-hydrogen) atoms. The van der Waals surface area contributed by atoms with Crippen LogP contribution >= 0.6 is 0 Å². The zero-order chi connectivity index (χ0) is 14.4. The summed E-state index contributed by atoms with van der Waals surface area (Å²) in [6, 6.07) is 12.1. The number of nitrogens with zero attached hydrogens (tertiary/aromatic N) is 1. The third-order valence-electron chi connectivity index (χ3n) is 4.07. The maximum absolute atomic E-state index is 12.1. The van der Waals surface area contributed by atoms with Gasteiger partial charge in [0.15, 0.2) is 0 Å². The van der Waals surface area contributed by atoms with E-state index in [0.29, 0.717) is 6.42 Å². The number of H-pyrrole nitrogens is 1. The molecule has 0 spiro atoms. The van der Waals surface area contributed by atoms with Crippen molar-refractivity contribution in [3.63, 3.8) is 0 Å². The number of carbonyl (C=O) groups excluding carboxylic acids is 1. The summed E-state index contributed by atoms with van der Waals surface area (Å²) in [6.07, 6.45) is 2.32. The van der Waals surface area contributed by atoms with Gasteiger partial charge in [0, 0.05) is 40.8 Å². The Morgan fingerprint density at radius 1 is 1.19 bits per heavy atom. The van der Waals surface area contributed by atoms with Crippen molar-refractivity contribution in [2.75, 3.05) is 5.32 Å². The molecule has 0 saturated carbocycles. The average Bonchev–Trinajstić information content (AvgIpc) is 2.86. The van der Waals surface area contributed by atoms with Gasteiger partial charge in [-0.05, 0) is 24.6 Å². The fraction of sp³-hybridized carbons (Fsp3) is 0.176. The van der Waals surface area contributed by atoms with Gasteiger partial charge >= 0.3 is 0 Å². The lowest BCUT2D eigenvalue weighted by molar-refractivity contribution is -0.116. The maximum Gasteiger partial charge on any atom is 0.225 e. The van der Waals surface area contributed by atoms with Crippen LogP contribution in [0.2, 0.25) is 0 Å². The number of fused-ring (bicyclic) bond motifs is 3. The lowest BCUT2D eigenvalue weighted by Gasteiger charge is -2.23. The van der Waals surface area contributed by atoms with Crippen molar-refractivity contribution < 1.29 is 4.79 Å². The van der Waals surface area contributed by atoms with Gasteiger partial charge in [0.1, 0.15) is 0 Å². The molecule has 104 valence electrons. The van der Waals surface area contributed by atoms with E-state index >= 15 is 0 Å². The maximum atomic E-state index is 12.1. The molecule has 1 amide bonds. The second kappa shape index (κ2) is 4.45. The van der Waals surface area contributed by atoms with Crippen LogP contribution in [-0.4, -0.2) is 15.9 Å². The molecule has 0 aliphatic carbocycles. The summed E-state index contributed by atoms with van der Waals surface area (Å²) in [4.78, 5) is 19.9. The Balaban J connectivity index is 1.91. The fourth-order valence-corrected chi connectivity index (χ4v) is 3.01. The number of aromatic amines is 1. The quantitative estimate of drug-likeness (QED) is 0.716. The van der Waals surface area contributed by atoms with E-state index in [1.807, 2.05) is 43.5 Å². The number of aromatic nitrogens is 2. The van der Waals surface area contributed by atoms with E-state index in [1.54, 1.807) is 0 Å². The number of benzene rings is 1. The normalized spacial score (nSPS) is 17.6. The zero-order valence-electron chi connectivity index (χ0n) is 11.7. The molecular formula is C17H15N3O. The van der Waals surface area contributed by atoms with Crippen molar-refractivity contribution in [1.29, 1.82) is 0 Å². The van der Waals surface area contributed by atoms with Crippen LogP contribution in [0.15, 0.2) is 42.6 Å². The van der Waals surface area contributed by atoms with E-state index in [0.717, 1.165) is 33.5 Å². The predicted octanol–water partition coefficient (Wildman–Crippen LogP) is 3.35. The molecule has 0 saturated heterocycles. The topological polar surface area (TPSA) is 57.8 Å². The minimum absolute atomic E-state index is 0.0363. The number of anilines is 1. The van der Waals surface area contributed by atoms with E-state index < -0.39 is 0 Å². The van der Waals surface area contributed by atoms with Crippen molar-refractivity contribution in [3.8, 4) is 0 Å². The molecule has 4 rings (SSSR count). The molecule has 2 N–H and O–H groups in total. The number of amides is 1. The SMILES string of the molecule is Cc1ccc(C2CC(=O)Nc3c2[nH]c2ccccc32)cn1. The average molecular weight is 277 g/mol. The lowest BCUT2D eigenvalue weighted by Crippen LogP contribution is -2.23. The molecule has 1 aliphatic rings. The molecule has 1 unspecified atom stereocenters. The number of nitrogens with one attached hydrogen (secondary N) is 2. The Labute approximate surface area is 122 Å². The molecule has 3 aromatic rings. The number of aryl methyl sites for hydroxylation is 1. The van der Waals surface area contributed by atoms with Crippen LogP contribution in [0.4, 0.5) is 5.69 Å². The van der Waals surface area contributed by atoms with Gasteiger partial charge in [-0.2, -0.15) is 0 Å². The summed E-state index contributed by atoms with van der Waals surface area (Å²) in [5.41, 5.74) is 5.09. The number of carbonyl (C=O) groups is 1. The van der Waals surface area contributed by atoms with Crippen LogP contribution < -0.4 is 5.32 Å². The molecule has 0 bridgehead atoms. The van der Waals surface area contributed by atoms with E-state index in [2.05, 4.69) is 21.4 Å². The van der Waals surface area contributed by atoms with E-state index in [9.17, 15) is 4.79 Å². The third kappa shape index (κ3) is 1.91. The number of pyridine rings is 1. The first-order valence-electron chi connectivity index (χ1n) is 7.05. The second-order valence-electron chi connectivity index (χ2n) is 5.50. The Morgan fingerprint density at radius 2 is 2.05 bits per heavy atom. The van der Waals surface area contributed by atoms with Gasteiger partial charge in [0.2, 0.25) is 5.91 Å². The molecule has 0 fully saturated rings. The third-order valence-corrected chi connectivity index (χ3v) is 4.07. The van der Waals surface area contributed by atoms with Gasteiger partial charge < -0.3 is 10.3 Å². The second-order valence-corrected chi connectivity index (χ2v) is 5.50. The fourth-order valence-electron chi connectivity index (χ4n) is 3.01. The molecule has 1 aliphatic heterocycles. The first kappa shape index (κ1) is 12.1. The lowest BCUT2D eigenvalue weighted by atomic mass is 9.89. The summed E-state index contributed by atoms with van der Waals surface area (Å²) in [5.74, 6) is 0.0899. The molecule has 1 aromatic carbocycles. The van der Waals surface area contributed by atoms with Gasteiger partial charge in [-0.1, -0.05) is 24.3 Å². The van der Waals surface area contributed by atoms with Crippen molar-refractivity contribution in [3.05, 3.63) is 59.5 Å². The van der Waals surface area contributed by atoms with Crippen LogP contribution in [0.3, 0.4) is 0 Å². The molecule has 4 heteroatoms. The van der Waals surface area contributed by atoms with E-state index in [1.165, 1.54) is 0 Å². The minimum Gasteiger partial charge on any atom is -0.356 e. The monoisotopic (exact) mass is 277 g/mol. The Bertz CT molecular complexity index is 833. The van der Waals surface area contributed by atoms with Gasteiger partial charge in [-0.15, -0.1) is 0 Å².